The molecule has 0 radical (unpaired) electrons. The second-order valence-electron chi connectivity index (χ2n) is 11.8. The molecule has 2 heteroatoms. The van der Waals surface area contributed by atoms with Crippen LogP contribution >= 0.6 is 0 Å². The zero-order valence-electron chi connectivity index (χ0n) is 21.0. The molecule has 3 aliphatic carbocycles. The summed E-state index contributed by atoms with van der Waals surface area (Å²) in [6.07, 6.45) is 14.9. The monoisotopic (exact) mass is 458 g/mol. The number of Topliss-reactive ketones (excluding diaryl/α,β-unsaturated/α-hetero) is 2. The van der Waals surface area contributed by atoms with E-state index in [1.807, 2.05) is 0 Å². The van der Waals surface area contributed by atoms with Crippen LogP contribution in [0.2, 0.25) is 0 Å². The van der Waals surface area contributed by atoms with Crippen molar-refractivity contribution in [2.45, 2.75) is 90.4 Å². The summed E-state index contributed by atoms with van der Waals surface area (Å²) in [5, 5.41) is 2.58. The van der Waals surface area contributed by atoms with Crippen LogP contribution in [0.1, 0.15) is 89.5 Å². The highest BCUT2D eigenvalue weighted by Gasteiger charge is 2.44. The molecule has 6 unspecified atom stereocenters. The summed E-state index contributed by atoms with van der Waals surface area (Å²) in [5.41, 5.74) is 1.34. The van der Waals surface area contributed by atoms with Crippen LogP contribution < -0.4 is 0 Å². The maximum atomic E-state index is 13.0. The molecule has 2 nitrogen and oxygen atoms in total. The molecule has 0 aromatic heterocycles. The van der Waals surface area contributed by atoms with Crippen molar-refractivity contribution in [1.29, 1.82) is 0 Å². The van der Waals surface area contributed by atoms with Crippen molar-refractivity contribution in [3.05, 3.63) is 48.0 Å². The van der Waals surface area contributed by atoms with Crippen LogP contribution in [0.15, 0.2) is 42.5 Å². The van der Waals surface area contributed by atoms with E-state index < -0.39 is 0 Å². The van der Waals surface area contributed by atoms with E-state index in [4.69, 9.17) is 0 Å². The Hall–Kier alpha value is -1.96. The van der Waals surface area contributed by atoms with Crippen molar-refractivity contribution in [3.8, 4) is 0 Å². The molecule has 0 bridgehead atoms. The molecule has 3 fully saturated rings. The Morgan fingerprint density at radius 2 is 1.71 bits per heavy atom. The molecule has 0 N–H and O–H groups in total. The second-order valence-corrected chi connectivity index (χ2v) is 11.8. The number of carbonyl (C=O) groups is 2. The Kier molecular flexibility index (Phi) is 7.52. The zero-order valence-corrected chi connectivity index (χ0v) is 21.0. The minimum absolute atomic E-state index is 0.0948. The van der Waals surface area contributed by atoms with Gasteiger partial charge in [0.05, 0.1) is 0 Å². The first-order valence-electron chi connectivity index (χ1n) is 14.1. The molecule has 0 spiro atoms. The summed E-state index contributed by atoms with van der Waals surface area (Å²) >= 11 is 0. The van der Waals surface area contributed by atoms with Gasteiger partial charge in [0, 0.05) is 24.7 Å². The van der Waals surface area contributed by atoms with E-state index in [2.05, 4.69) is 49.4 Å². The van der Waals surface area contributed by atoms with Crippen LogP contribution in [-0.2, 0) is 16.0 Å². The van der Waals surface area contributed by atoms with Gasteiger partial charge < -0.3 is 0 Å². The van der Waals surface area contributed by atoms with E-state index in [9.17, 15) is 9.59 Å². The van der Waals surface area contributed by atoms with E-state index in [0.717, 1.165) is 43.9 Å². The molecule has 0 heterocycles. The summed E-state index contributed by atoms with van der Waals surface area (Å²) in [7, 11) is 0. The van der Waals surface area contributed by atoms with Gasteiger partial charge in [0.15, 0.2) is 0 Å². The summed E-state index contributed by atoms with van der Waals surface area (Å²) in [4.78, 5) is 25.8. The fourth-order valence-electron chi connectivity index (χ4n) is 7.31. The largest absolute Gasteiger partial charge is 0.299 e. The molecule has 0 aliphatic heterocycles. The van der Waals surface area contributed by atoms with Crippen molar-refractivity contribution in [3.63, 3.8) is 0 Å². The topological polar surface area (TPSA) is 34.1 Å². The summed E-state index contributed by atoms with van der Waals surface area (Å²) in [5.74, 6) is 4.14. The van der Waals surface area contributed by atoms with Crippen molar-refractivity contribution in [1.82, 2.24) is 0 Å². The quantitative estimate of drug-likeness (QED) is 0.362. The number of ketones is 2. The van der Waals surface area contributed by atoms with Crippen LogP contribution in [0.3, 0.4) is 0 Å². The van der Waals surface area contributed by atoms with Gasteiger partial charge in [-0.3, -0.25) is 9.59 Å². The highest BCUT2D eigenvalue weighted by Crippen LogP contribution is 2.48. The van der Waals surface area contributed by atoms with Crippen LogP contribution in [0.5, 0.6) is 0 Å². The SMILES string of the molecule is CC(CCc1cccc2ccccc12)C(=O)CCC1CC1C(=O)CC1CCCC2CCCCC21. The zero-order chi connectivity index (χ0) is 23.5. The molecule has 0 saturated heterocycles. The fourth-order valence-corrected chi connectivity index (χ4v) is 7.31. The van der Waals surface area contributed by atoms with Crippen LogP contribution in [-0.4, -0.2) is 11.6 Å². The molecule has 34 heavy (non-hydrogen) atoms. The van der Waals surface area contributed by atoms with Crippen molar-refractivity contribution < 1.29 is 9.59 Å². The maximum Gasteiger partial charge on any atom is 0.136 e. The lowest BCUT2D eigenvalue weighted by molar-refractivity contribution is -0.124. The number of rotatable bonds is 10. The molecule has 182 valence electrons. The first-order valence-corrected chi connectivity index (χ1v) is 14.1. The van der Waals surface area contributed by atoms with Crippen LogP contribution in [0, 0.1) is 35.5 Å². The lowest BCUT2D eigenvalue weighted by atomic mass is 9.64. The van der Waals surface area contributed by atoms with Crippen LogP contribution in [0.4, 0.5) is 0 Å². The molecule has 0 amide bonds. The average molecular weight is 459 g/mol. The summed E-state index contributed by atoms with van der Waals surface area (Å²) in [6, 6.07) is 15.0. The molecule has 5 rings (SSSR count). The number of benzene rings is 2. The van der Waals surface area contributed by atoms with Gasteiger partial charge in [-0.15, -0.1) is 0 Å². The Balaban J connectivity index is 1.05. The first kappa shape index (κ1) is 23.8. The Morgan fingerprint density at radius 3 is 2.62 bits per heavy atom. The Bertz CT molecular complexity index is 1000. The predicted octanol–water partition coefficient (Wildman–Crippen LogP) is 7.96. The minimum atomic E-state index is 0.0948. The van der Waals surface area contributed by atoms with E-state index in [1.165, 1.54) is 61.3 Å². The van der Waals surface area contributed by atoms with Gasteiger partial charge in [-0.2, -0.15) is 0 Å². The third kappa shape index (κ3) is 5.47. The average Bonchev–Trinajstić information content (AvgIpc) is 3.66. The van der Waals surface area contributed by atoms with Crippen molar-refractivity contribution in [2.75, 3.05) is 0 Å². The molecule has 2 aromatic carbocycles. The summed E-state index contributed by atoms with van der Waals surface area (Å²) in [6.45, 7) is 2.09. The molecule has 3 aliphatic rings. The molecule has 3 saturated carbocycles. The standard InChI is InChI=1S/C32H42O2/c1-22(16-17-25-12-6-10-23-8-2-4-14-28(23)25)31(33)19-18-27-20-30(27)32(34)21-26-13-7-11-24-9-3-5-15-29(24)26/h2,4,6,8,10,12,14,22,24,26-27,29-30H,3,5,7,9,11,13,15-21H2,1H3. The third-order valence-corrected chi connectivity index (χ3v) is 9.56. The minimum Gasteiger partial charge on any atom is -0.299 e. The van der Waals surface area contributed by atoms with Gasteiger partial charge in [0.2, 0.25) is 0 Å². The summed E-state index contributed by atoms with van der Waals surface area (Å²) < 4.78 is 0. The molecule has 2 aromatic rings. The molecular weight excluding hydrogens is 416 g/mol. The van der Waals surface area contributed by atoms with Gasteiger partial charge in [0.25, 0.3) is 0 Å². The van der Waals surface area contributed by atoms with Crippen molar-refractivity contribution in [2.24, 2.45) is 35.5 Å². The van der Waals surface area contributed by atoms with E-state index in [0.29, 0.717) is 29.8 Å². The van der Waals surface area contributed by atoms with Gasteiger partial charge in [0.1, 0.15) is 11.6 Å². The normalized spacial score (nSPS) is 29.4. The first-order chi connectivity index (χ1) is 16.6. The Morgan fingerprint density at radius 1 is 0.912 bits per heavy atom. The van der Waals surface area contributed by atoms with Gasteiger partial charge >= 0.3 is 0 Å². The van der Waals surface area contributed by atoms with Gasteiger partial charge in [-0.1, -0.05) is 81.5 Å². The smallest absolute Gasteiger partial charge is 0.136 e. The Labute approximate surface area is 205 Å². The second kappa shape index (κ2) is 10.8. The number of hydrogen-bond acceptors (Lipinski definition) is 2. The lowest BCUT2D eigenvalue weighted by Crippen LogP contribution is -2.32. The highest BCUT2D eigenvalue weighted by atomic mass is 16.1. The fraction of sp³-hybridized carbons (Fsp3) is 0.625. The van der Waals surface area contributed by atoms with Crippen molar-refractivity contribution >= 4 is 22.3 Å². The van der Waals surface area contributed by atoms with Gasteiger partial charge in [-0.05, 0) is 78.5 Å². The maximum absolute atomic E-state index is 13.0. The van der Waals surface area contributed by atoms with Gasteiger partial charge in [-0.25, -0.2) is 0 Å². The lowest BCUT2D eigenvalue weighted by Gasteiger charge is -2.41. The third-order valence-electron chi connectivity index (χ3n) is 9.56. The number of hydrogen-bond donors (Lipinski definition) is 0. The molecule has 6 atom stereocenters. The number of fused-ring (bicyclic) bond motifs is 2. The molecular formula is C32H42O2. The van der Waals surface area contributed by atoms with Crippen LogP contribution in [0.25, 0.3) is 10.8 Å². The van der Waals surface area contributed by atoms with E-state index in [-0.39, 0.29) is 11.8 Å². The van der Waals surface area contributed by atoms with E-state index in [1.54, 1.807) is 0 Å². The predicted molar refractivity (Wildman–Crippen MR) is 140 cm³/mol. The number of aryl methyl sites for hydroxylation is 1. The van der Waals surface area contributed by atoms with E-state index >= 15 is 0 Å². The highest BCUT2D eigenvalue weighted by molar-refractivity contribution is 5.86. The number of carbonyl (C=O) groups excluding carboxylic acids is 2.